The van der Waals surface area contributed by atoms with E-state index in [0.717, 1.165) is 0 Å². The highest BCUT2D eigenvalue weighted by Gasteiger charge is 2.71. The Hall–Kier alpha value is -0.850. The maximum atomic E-state index is 13.3. The molecule has 126 valence electrons. The van der Waals surface area contributed by atoms with Gasteiger partial charge in [-0.3, -0.25) is 8.74 Å². The molecule has 0 spiro atoms. The van der Waals surface area contributed by atoms with Crippen molar-refractivity contribution in [2.45, 2.75) is 42.5 Å². The lowest BCUT2D eigenvalue weighted by molar-refractivity contribution is -0.172. The molecule has 1 saturated heterocycles. The average molecular weight is 362 g/mol. The molecule has 0 aromatic carbocycles. The summed E-state index contributed by atoms with van der Waals surface area (Å²) in [5, 5.41) is -6.45. The zero-order valence-electron chi connectivity index (χ0n) is 11.1. The Bertz CT molecular complexity index is 741. The third kappa shape index (κ3) is 1.93. The first-order valence-corrected chi connectivity index (χ1v) is 9.19. The van der Waals surface area contributed by atoms with Gasteiger partial charge in [0.1, 0.15) is 11.4 Å². The zero-order chi connectivity index (χ0) is 16.7. The van der Waals surface area contributed by atoms with Crippen LogP contribution in [0.5, 0.6) is 0 Å². The quantitative estimate of drug-likeness (QED) is 0.419. The second-order valence-corrected chi connectivity index (χ2v) is 9.32. The van der Waals surface area contributed by atoms with Crippen molar-refractivity contribution in [3.05, 3.63) is 0 Å². The molecular formula is C10H12F2O8S2. The first kappa shape index (κ1) is 16.0. The predicted molar refractivity (Wildman–Crippen MR) is 64.8 cm³/mol. The monoisotopic (exact) mass is 362 g/mol. The van der Waals surface area contributed by atoms with E-state index in [0.29, 0.717) is 6.42 Å². The standard InChI is InChI=1S/C10H12F2O8S2/c1-9-2-4-5(3-9)20-21(14,15)6(4)7(9)19-8(13)10(11,12)22(16,17)18/h4-7H,2-3H2,1H3,(H,16,17,18). The lowest BCUT2D eigenvalue weighted by Crippen LogP contribution is -2.48. The minimum Gasteiger partial charge on any atom is -0.455 e. The van der Waals surface area contributed by atoms with Crippen LogP contribution >= 0.6 is 0 Å². The fraction of sp³-hybridized carbons (Fsp3) is 0.900. The van der Waals surface area contributed by atoms with Crippen LogP contribution in [0.3, 0.4) is 0 Å². The Morgan fingerprint density at radius 1 is 1.41 bits per heavy atom. The van der Waals surface area contributed by atoms with E-state index in [1.54, 1.807) is 6.92 Å². The first-order chi connectivity index (χ1) is 9.80. The van der Waals surface area contributed by atoms with E-state index >= 15 is 0 Å². The smallest absolute Gasteiger partial charge is 0.455 e. The minimum atomic E-state index is -6.01. The van der Waals surface area contributed by atoms with Crippen molar-refractivity contribution in [1.29, 1.82) is 0 Å². The molecule has 12 heteroatoms. The number of ether oxygens (including phenoxy) is 1. The third-order valence-electron chi connectivity index (χ3n) is 4.64. The normalized spacial score (nSPS) is 42.5. The number of carbonyl (C=O) groups excluding carboxylic acids is 1. The van der Waals surface area contributed by atoms with Crippen molar-refractivity contribution >= 4 is 26.2 Å². The molecule has 1 aliphatic heterocycles. The maximum Gasteiger partial charge on any atom is 0.465 e. The minimum absolute atomic E-state index is 0.197. The Kier molecular flexibility index (Phi) is 3.03. The molecule has 3 aliphatic rings. The van der Waals surface area contributed by atoms with Gasteiger partial charge in [-0.15, -0.1) is 0 Å². The molecule has 2 bridgehead atoms. The van der Waals surface area contributed by atoms with Crippen molar-refractivity contribution in [2.75, 3.05) is 0 Å². The fourth-order valence-corrected chi connectivity index (χ4v) is 6.08. The second-order valence-electron chi connectivity index (χ2n) is 6.14. The van der Waals surface area contributed by atoms with Gasteiger partial charge >= 0.3 is 21.3 Å². The molecule has 0 aromatic heterocycles. The van der Waals surface area contributed by atoms with Gasteiger partial charge in [-0.2, -0.15) is 25.6 Å². The van der Waals surface area contributed by atoms with E-state index in [1.165, 1.54) is 0 Å². The summed E-state index contributed by atoms with van der Waals surface area (Å²) < 4.78 is 89.3. The van der Waals surface area contributed by atoms with Crippen LogP contribution in [0.1, 0.15) is 19.8 Å². The number of halogens is 2. The summed E-state index contributed by atoms with van der Waals surface area (Å²) in [4.78, 5) is 11.4. The van der Waals surface area contributed by atoms with Gasteiger partial charge in [0, 0.05) is 11.3 Å². The maximum absolute atomic E-state index is 13.3. The summed E-state index contributed by atoms with van der Waals surface area (Å²) in [7, 11) is -10.1. The highest BCUT2D eigenvalue weighted by Crippen LogP contribution is 2.62. The van der Waals surface area contributed by atoms with E-state index in [1.807, 2.05) is 0 Å². The topological polar surface area (TPSA) is 124 Å². The van der Waals surface area contributed by atoms with Gasteiger partial charge in [0.25, 0.3) is 10.1 Å². The third-order valence-corrected chi connectivity index (χ3v) is 7.23. The van der Waals surface area contributed by atoms with Crippen LogP contribution in [0, 0.1) is 11.3 Å². The highest BCUT2D eigenvalue weighted by molar-refractivity contribution is 7.88. The Balaban J connectivity index is 1.92. The van der Waals surface area contributed by atoms with Crippen molar-refractivity contribution in [2.24, 2.45) is 11.3 Å². The zero-order valence-corrected chi connectivity index (χ0v) is 12.7. The Morgan fingerprint density at radius 3 is 2.55 bits per heavy atom. The van der Waals surface area contributed by atoms with Crippen LogP contribution in [-0.2, 0) is 34.0 Å². The van der Waals surface area contributed by atoms with Crippen molar-refractivity contribution in [1.82, 2.24) is 0 Å². The molecule has 1 N–H and O–H groups in total. The van der Waals surface area contributed by atoms with E-state index in [-0.39, 0.29) is 6.42 Å². The van der Waals surface area contributed by atoms with Crippen molar-refractivity contribution in [3.63, 3.8) is 0 Å². The van der Waals surface area contributed by atoms with E-state index < -0.39 is 60.3 Å². The largest absolute Gasteiger partial charge is 0.465 e. The van der Waals surface area contributed by atoms with Gasteiger partial charge in [0.15, 0.2) is 0 Å². The number of rotatable bonds is 3. The first-order valence-electron chi connectivity index (χ1n) is 6.28. The number of alkyl halides is 2. The van der Waals surface area contributed by atoms with Crippen LogP contribution in [0.15, 0.2) is 0 Å². The van der Waals surface area contributed by atoms with Crippen LogP contribution < -0.4 is 0 Å². The number of esters is 1. The molecule has 8 nitrogen and oxygen atoms in total. The summed E-state index contributed by atoms with van der Waals surface area (Å²) in [6.07, 6.45) is -1.52. The Morgan fingerprint density at radius 2 is 2.00 bits per heavy atom. The average Bonchev–Trinajstić information content (AvgIpc) is 2.82. The number of fused-ring (bicyclic) bond motifs is 1. The van der Waals surface area contributed by atoms with Gasteiger partial charge in [0.2, 0.25) is 0 Å². The number of carbonyl (C=O) groups is 1. The second kappa shape index (κ2) is 4.16. The predicted octanol–water partition coefficient (Wildman–Crippen LogP) is -0.0941. The van der Waals surface area contributed by atoms with Gasteiger partial charge in [0.05, 0.1) is 6.10 Å². The molecule has 0 aromatic rings. The molecule has 2 aliphatic carbocycles. The summed E-state index contributed by atoms with van der Waals surface area (Å²) in [6.45, 7) is 1.56. The van der Waals surface area contributed by atoms with Gasteiger partial charge in [-0.25, -0.2) is 4.79 Å². The van der Waals surface area contributed by atoms with Crippen LogP contribution in [-0.4, -0.2) is 50.1 Å². The summed E-state index contributed by atoms with van der Waals surface area (Å²) >= 11 is 0. The van der Waals surface area contributed by atoms with E-state index in [4.69, 9.17) is 8.74 Å². The number of hydrogen-bond donors (Lipinski definition) is 1. The van der Waals surface area contributed by atoms with Crippen molar-refractivity contribution in [3.8, 4) is 0 Å². The SMILES string of the molecule is CC12CC3OS(=O)(=O)C(C3C1)C2OC(=O)C(F)(F)S(=O)(=O)O. The highest BCUT2D eigenvalue weighted by atomic mass is 32.2. The van der Waals surface area contributed by atoms with Crippen LogP contribution in [0.2, 0.25) is 0 Å². The summed E-state index contributed by atoms with van der Waals surface area (Å²) in [6, 6.07) is 0. The van der Waals surface area contributed by atoms with Gasteiger partial charge in [-0.1, -0.05) is 6.92 Å². The molecule has 5 atom stereocenters. The Labute approximate surface area is 124 Å². The van der Waals surface area contributed by atoms with Crippen LogP contribution in [0.4, 0.5) is 8.78 Å². The molecule has 2 saturated carbocycles. The molecule has 1 heterocycles. The van der Waals surface area contributed by atoms with Gasteiger partial charge in [-0.05, 0) is 12.8 Å². The molecule has 5 unspecified atom stereocenters. The van der Waals surface area contributed by atoms with E-state index in [9.17, 15) is 30.4 Å². The molecule has 22 heavy (non-hydrogen) atoms. The molecule has 0 amide bonds. The molecule has 0 radical (unpaired) electrons. The molecular weight excluding hydrogens is 350 g/mol. The lowest BCUT2D eigenvalue weighted by atomic mass is 9.82. The molecule has 3 rings (SSSR count). The molecule has 3 fully saturated rings. The van der Waals surface area contributed by atoms with Crippen molar-refractivity contribution < 1.29 is 43.9 Å². The summed E-state index contributed by atoms with van der Waals surface area (Å²) in [5.41, 5.74) is -0.894. The summed E-state index contributed by atoms with van der Waals surface area (Å²) in [5.74, 6) is -2.97. The van der Waals surface area contributed by atoms with Gasteiger partial charge < -0.3 is 4.74 Å². The van der Waals surface area contributed by atoms with Crippen LogP contribution in [0.25, 0.3) is 0 Å². The number of hydrogen-bond acceptors (Lipinski definition) is 7. The van der Waals surface area contributed by atoms with E-state index in [2.05, 4.69) is 4.74 Å². The lowest BCUT2D eigenvalue weighted by Gasteiger charge is -2.32. The fourth-order valence-electron chi connectivity index (χ4n) is 3.75.